The highest BCUT2D eigenvalue weighted by Crippen LogP contribution is 2.23. The molecule has 0 aliphatic heterocycles. The van der Waals surface area contributed by atoms with E-state index in [-0.39, 0.29) is 5.91 Å². The van der Waals surface area contributed by atoms with Gasteiger partial charge in [0.2, 0.25) is 5.91 Å². The molecule has 4 nitrogen and oxygen atoms in total. The van der Waals surface area contributed by atoms with Gasteiger partial charge in [0.25, 0.3) is 0 Å². The topological polar surface area (TPSA) is 64.2 Å². The van der Waals surface area contributed by atoms with Crippen molar-refractivity contribution < 1.29 is 22.5 Å². The molecule has 2 N–H and O–H groups in total. The van der Waals surface area contributed by atoms with E-state index >= 15 is 0 Å². The number of hydrogen-bond donors (Lipinski definition) is 2. The highest BCUT2D eigenvalue weighted by atomic mass is 32.2. The molecule has 1 aliphatic carbocycles. The maximum Gasteiger partial charge on any atom is 0.392 e. The number of hydrogen-bond acceptors (Lipinski definition) is 3. The second-order valence-corrected chi connectivity index (χ2v) is 9.53. The van der Waals surface area contributed by atoms with Gasteiger partial charge in [0.1, 0.15) is 4.75 Å². The second-order valence-electron chi connectivity index (χ2n) is 7.57. The minimum atomic E-state index is -4.28. The molecule has 0 saturated carbocycles. The summed E-state index contributed by atoms with van der Waals surface area (Å²) in [4.78, 5) is 12.5. The zero-order chi connectivity index (χ0) is 21.5. The predicted molar refractivity (Wildman–Crippen MR) is 107 cm³/mol. The van der Waals surface area contributed by atoms with Crippen molar-refractivity contribution in [2.24, 2.45) is 5.92 Å². The van der Waals surface area contributed by atoms with Crippen LogP contribution in [0.3, 0.4) is 0 Å². The van der Waals surface area contributed by atoms with Crippen molar-refractivity contribution in [3.63, 3.8) is 0 Å². The van der Waals surface area contributed by atoms with E-state index in [0.717, 1.165) is 6.08 Å². The quantitative estimate of drug-likeness (QED) is 0.461. The first-order valence-corrected chi connectivity index (χ1v) is 10.3. The van der Waals surface area contributed by atoms with Crippen LogP contribution < -0.4 is 10.0 Å². The van der Waals surface area contributed by atoms with Gasteiger partial charge in [0.05, 0.1) is 29.4 Å². The summed E-state index contributed by atoms with van der Waals surface area (Å²) in [6, 6.07) is 0. The van der Waals surface area contributed by atoms with Gasteiger partial charge in [-0.3, -0.25) is 4.79 Å². The van der Waals surface area contributed by atoms with Crippen LogP contribution in [0.2, 0.25) is 0 Å². The first-order valence-electron chi connectivity index (χ1n) is 9.15. The van der Waals surface area contributed by atoms with Crippen LogP contribution in [0.4, 0.5) is 13.2 Å². The molecule has 0 fully saturated rings. The van der Waals surface area contributed by atoms with Gasteiger partial charge in [-0.15, -0.1) is 0 Å². The Bertz CT molecular complexity index is 674. The number of amides is 1. The Balaban J connectivity index is 2.72. The van der Waals surface area contributed by atoms with Crippen molar-refractivity contribution >= 4 is 17.3 Å². The van der Waals surface area contributed by atoms with Gasteiger partial charge >= 0.3 is 6.18 Å². The molecule has 1 amide bonds. The first kappa shape index (κ1) is 24.4. The average Bonchev–Trinajstić information content (AvgIpc) is 2.58. The maximum absolute atomic E-state index is 12.5. The van der Waals surface area contributed by atoms with Crippen molar-refractivity contribution in [2.45, 2.75) is 64.8 Å². The molecule has 158 valence electrons. The van der Waals surface area contributed by atoms with E-state index in [9.17, 15) is 22.5 Å². The fourth-order valence-corrected chi connectivity index (χ4v) is 2.94. The summed E-state index contributed by atoms with van der Waals surface area (Å²) in [5, 5.41) is 2.73. The molecule has 1 rings (SSSR count). The molecule has 0 saturated heterocycles. The molecule has 28 heavy (non-hydrogen) atoms. The van der Waals surface area contributed by atoms with Crippen molar-refractivity contribution in [3.8, 4) is 0 Å². The Morgan fingerprint density at radius 2 is 1.96 bits per heavy atom. The van der Waals surface area contributed by atoms with Gasteiger partial charge in [-0.2, -0.15) is 13.2 Å². The Morgan fingerprint density at radius 3 is 2.43 bits per heavy atom. The van der Waals surface area contributed by atoms with E-state index in [1.807, 2.05) is 27.7 Å². The average molecular weight is 419 g/mol. The van der Waals surface area contributed by atoms with Gasteiger partial charge < -0.3 is 9.87 Å². The number of allylic oxidation sites excluding steroid dienone is 5. The third kappa shape index (κ3) is 8.56. The van der Waals surface area contributed by atoms with Crippen molar-refractivity contribution in [2.75, 3.05) is 0 Å². The van der Waals surface area contributed by atoms with E-state index in [1.165, 1.54) is 0 Å². The van der Waals surface area contributed by atoms with Gasteiger partial charge in [-0.25, -0.2) is 4.72 Å². The number of carbonyl (C=O) groups excluding carboxylic acids is 1. The summed E-state index contributed by atoms with van der Waals surface area (Å²) in [6.45, 7) is 8.97. The van der Waals surface area contributed by atoms with Gasteiger partial charge in [0, 0.05) is 5.70 Å². The first-order chi connectivity index (χ1) is 12.8. The van der Waals surface area contributed by atoms with Crippen LogP contribution in [-0.2, 0) is 16.2 Å². The third-order valence-electron chi connectivity index (χ3n) is 3.93. The second kappa shape index (κ2) is 10.2. The molecule has 2 atom stereocenters. The molecule has 0 aromatic carbocycles. The number of halogens is 3. The number of nitrogens with one attached hydrogen (secondary N) is 2. The molecule has 1 aliphatic rings. The zero-order valence-corrected chi connectivity index (χ0v) is 17.8. The van der Waals surface area contributed by atoms with E-state index in [4.69, 9.17) is 0 Å². The molecular weight excluding hydrogens is 389 g/mol. The van der Waals surface area contributed by atoms with Crippen LogP contribution in [0.15, 0.2) is 47.3 Å². The molecule has 0 bridgehead atoms. The molecule has 0 radical (unpaired) electrons. The zero-order valence-electron chi connectivity index (χ0n) is 16.9. The standard InChI is InChI=1S/C20H29F3N2O2S/c1-6-7-17(14(2)12-13-20(21,22)23)24-18(26)15-8-10-16(11-9-15)25-28(27)19(3,4)5/h7-8,10-12,15,25H,6,9,13H2,1-5H3,(H,24,26)/b14-12-,17-7+. The molecule has 0 aromatic heterocycles. The minimum absolute atomic E-state index is 0.289. The van der Waals surface area contributed by atoms with Crippen molar-refractivity contribution in [1.29, 1.82) is 0 Å². The molecule has 0 heterocycles. The Hall–Kier alpha value is -1.67. The lowest BCUT2D eigenvalue weighted by atomic mass is 9.98. The Kier molecular flexibility index (Phi) is 8.88. The van der Waals surface area contributed by atoms with Crippen LogP contribution in [0, 0.1) is 5.92 Å². The van der Waals surface area contributed by atoms with Crippen LogP contribution in [-0.4, -0.2) is 21.4 Å². The lowest BCUT2D eigenvalue weighted by Crippen LogP contribution is -2.39. The van der Waals surface area contributed by atoms with E-state index in [0.29, 0.717) is 29.8 Å². The summed E-state index contributed by atoms with van der Waals surface area (Å²) in [6.07, 6.45) is 3.64. The lowest BCUT2D eigenvalue weighted by molar-refractivity contribution is -0.125. The largest absolute Gasteiger partial charge is 0.593 e. The summed E-state index contributed by atoms with van der Waals surface area (Å²) in [7, 11) is 0. The van der Waals surface area contributed by atoms with E-state index < -0.39 is 34.6 Å². The number of alkyl halides is 3. The molecule has 2 unspecified atom stereocenters. The van der Waals surface area contributed by atoms with Gasteiger partial charge in [-0.05, 0) is 52.2 Å². The van der Waals surface area contributed by atoms with E-state index in [2.05, 4.69) is 10.0 Å². The van der Waals surface area contributed by atoms with Crippen LogP contribution >= 0.6 is 0 Å². The lowest BCUT2D eigenvalue weighted by Gasteiger charge is -2.25. The molecule has 8 heteroatoms. The normalized spacial score (nSPS) is 19.9. The van der Waals surface area contributed by atoms with Gasteiger partial charge in [0.15, 0.2) is 0 Å². The Labute approximate surface area is 168 Å². The number of rotatable bonds is 7. The van der Waals surface area contributed by atoms with Crippen LogP contribution in [0.25, 0.3) is 0 Å². The fraction of sp³-hybridized carbons (Fsp3) is 0.550. The fourth-order valence-electron chi connectivity index (χ4n) is 2.27. The molecule has 0 aromatic rings. The SMILES string of the molecule is CC/C=C(NC(=O)C1C=CC(N[S+]([O-])C(C)(C)C)=CC1)\C(C)=C/CC(F)(F)F. The third-order valence-corrected chi connectivity index (χ3v) is 5.47. The summed E-state index contributed by atoms with van der Waals surface area (Å²) in [5.74, 6) is -0.729. The summed E-state index contributed by atoms with van der Waals surface area (Å²) < 4.78 is 51.9. The highest BCUT2D eigenvalue weighted by molar-refractivity contribution is 7.90. The number of carbonyl (C=O) groups is 1. The smallest absolute Gasteiger partial charge is 0.392 e. The summed E-state index contributed by atoms with van der Waals surface area (Å²) in [5.41, 5.74) is 1.46. The monoisotopic (exact) mass is 418 g/mol. The van der Waals surface area contributed by atoms with Crippen molar-refractivity contribution in [3.05, 3.63) is 47.3 Å². The summed E-state index contributed by atoms with van der Waals surface area (Å²) >= 11 is -1.26. The van der Waals surface area contributed by atoms with Crippen molar-refractivity contribution in [1.82, 2.24) is 10.0 Å². The minimum Gasteiger partial charge on any atom is -0.593 e. The van der Waals surface area contributed by atoms with E-state index in [1.54, 1.807) is 31.2 Å². The Morgan fingerprint density at radius 1 is 1.32 bits per heavy atom. The molecule has 0 spiro atoms. The maximum atomic E-state index is 12.5. The van der Waals surface area contributed by atoms with Crippen LogP contribution in [0.1, 0.15) is 53.9 Å². The van der Waals surface area contributed by atoms with Gasteiger partial charge in [-0.1, -0.05) is 31.2 Å². The van der Waals surface area contributed by atoms with Crippen LogP contribution in [0.5, 0.6) is 0 Å². The highest BCUT2D eigenvalue weighted by Gasteiger charge is 2.28. The predicted octanol–water partition coefficient (Wildman–Crippen LogP) is 4.81. The molecular formula is C20H29F3N2O2S.